The smallest absolute Gasteiger partial charge is 0.251 e. The maximum absolute atomic E-state index is 11.9. The first-order chi connectivity index (χ1) is 11.6. The van der Waals surface area contributed by atoms with Gasteiger partial charge in [0, 0.05) is 29.6 Å². The van der Waals surface area contributed by atoms with Crippen LogP contribution in [0.1, 0.15) is 23.2 Å². The highest BCUT2D eigenvalue weighted by atomic mass is 32.2. The van der Waals surface area contributed by atoms with E-state index in [-0.39, 0.29) is 23.1 Å². The molecule has 1 aliphatic carbocycles. The van der Waals surface area contributed by atoms with Gasteiger partial charge in [-0.3, -0.25) is 14.4 Å². The first-order valence-corrected chi connectivity index (χ1v) is 8.47. The molecule has 1 fully saturated rings. The molecule has 0 radical (unpaired) electrons. The van der Waals surface area contributed by atoms with Crippen LogP contribution < -0.4 is 16.2 Å². The van der Waals surface area contributed by atoms with Crippen molar-refractivity contribution >= 4 is 29.3 Å². The number of nitrogens with one attached hydrogen (secondary N) is 3. The molecule has 0 aliphatic heterocycles. The Bertz CT molecular complexity index is 799. The number of aromatic nitrogens is 2. The molecule has 7 nitrogen and oxygen atoms in total. The number of carbonyl (C=O) groups excluding carboxylic acids is 2. The van der Waals surface area contributed by atoms with Crippen molar-refractivity contribution in [1.82, 2.24) is 15.3 Å². The minimum atomic E-state index is -0.257. The van der Waals surface area contributed by atoms with E-state index < -0.39 is 0 Å². The molecule has 0 spiro atoms. The number of H-pyrrole nitrogens is 1. The van der Waals surface area contributed by atoms with Crippen molar-refractivity contribution in [3.05, 3.63) is 52.4 Å². The molecule has 0 unspecified atom stereocenters. The van der Waals surface area contributed by atoms with Crippen LogP contribution in [0.4, 0.5) is 5.69 Å². The van der Waals surface area contributed by atoms with E-state index in [0.29, 0.717) is 22.4 Å². The Morgan fingerprint density at radius 1 is 1.21 bits per heavy atom. The number of hydrogen-bond donors (Lipinski definition) is 3. The summed E-state index contributed by atoms with van der Waals surface area (Å²) < 4.78 is 0. The minimum absolute atomic E-state index is 0.0926. The summed E-state index contributed by atoms with van der Waals surface area (Å²) >= 11 is 1.14. The SMILES string of the molecule is O=C(CSc1nccc(=O)[nH]1)Nc1ccc(C(=O)NC2CC2)cc1. The van der Waals surface area contributed by atoms with Crippen LogP contribution >= 0.6 is 11.8 Å². The highest BCUT2D eigenvalue weighted by Gasteiger charge is 2.23. The molecule has 24 heavy (non-hydrogen) atoms. The second-order valence-electron chi connectivity index (χ2n) is 5.40. The molecule has 3 rings (SSSR count). The van der Waals surface area contributed by atoms with Crippen molar-refractivity contribution in [2.45, 2.75) is 24.0 Å². The van der Waals surface area contributed by atoms with Crippen molar-refractivity contribution in [2.75, 3.05) is 11.1 Å². The molecule has 0 saturated heterocycles. The molecule has 1 saturated carbocycles. The molecule has 1 heterocycles. The van der Waals surface area contributed by atoms with Crippen LogP contribution in [0.25, 0.3) is 0 Å². The van der Waals surface area contributed by atoms with Crippen molar-refractivity contribution in [2.24, 2.45) is 0 Å². The monoisotopic (exact) mass is 344 g/mol. The molecule has 1 aromatic heterocycles. The second-order valence-corrected chi connectivity index (χ2v) is 6.37. The third-order valence-corrected chi connectivity index (χ3v) is 4.22. The van der Waals surface area contributed by atoms with Crippen LogP contribution in [0.15, 0.2) is 46.5 Å². The molecule has 1 aromatic carbocycles. The van der Waals surface area contributed by atoms with Crippen LogP contribution in [0.3, 0.4) is 0 Å². The predicted octanol–water partition coefficient (Wildman–Crippen LogP) is 1.39. The summed E-state index contributed by atoms with van der Waals surface area (Å²) in [6, 6.07) is 8.35. The zero-order valence-electron chi connectivity index (χ0n) is 12.7. The summed E-state index contributed by atoms with van der Waals surface area (Å²) in [7, 11) is 0. The molecule has 2 aromatic rings. The van der Waals surface area contributed by atoms with Gasteiger partial charge in [-0.15, -0.1) is 0 Å². The average molecular weight is 344 g/mol. The molecular formula is C16H16N4O3S. The van der Waals surface area contributed by atoms with E-state index in [2.05, 4.69) is 20.6 Å². The van der Waals surface area contributed by atoms with E-state index in [1.165, 1.54) is 12.3 Å². The lowest BCUT2D eigenvalue weighted by Gasteiger charge is -2.07. The first kappa shape index (κ1) is 16.3. The molecule has 2 amide bonds. The van der Waals surface area contributed by atoms with Crippen LogP contribution in [0, 0.1) is 0 Å². The summed E-state index contributed by atoms with van der Waals surface area (Å²) in [6.45, 7) is 0. The number of aromatic amines is 1. The minimum Gasteiger partial charge on any atom is -0.349 e. The van der Waals surface area contributed by atoms with E-state index >= 15 is 0 Å². The van der Waals surface area contributed by atoms with Gasteiger partial charge in [-0.1, -0.05) is 11.8 Å². The lowest BCUT2D eigenvalue weighted by atomic mass is 10.2. The zero-order valence-corrected chi connectivity index (χ0v) is 13.6. The van der Waals surface area contributed by atoms with E-state index in [1.807, 2.05) is 0 Å². The molecule has 8 heteroatoms. The number of nitrogens with zero attached hydrogens (tertiary/aromatic N) is 1. The summed E-state index contributed by atoms with van der Waals surface area (Å²) in [6.07, 6.45) is 3.47. The zero-order chi connectivity index (χ0) is 16.9. The van der Waals surface area contributed by atoms with Gasteiger partial charge in [0.15, 0.2) is 5.16 Å². The number of anilines is 1. The quantitative estimate of drug-likeness (QED) is 0.543. The highest BCUT2D eigenvalue weighted by Crippen LogP contribution is 2.19. The second kappa shape index (κ2) is 7.31. The van der Waals surface area contributed by atoms with Gasteiger partial charge in [-0.25, -0.2) is 4.98 Å². The Labute approximate surface area is 142 Å². The van der Waals surface area contributed by atoms with Crippen molar-refractivity contribution < 1.29 is 9.59 Å². The fourth-order valence-electron chi connectivity index (χ4n) is 1.96. The third-order valence-electron chi connectivity index (χ3n) is 3.33. The van der Waals surface area contributed by atoms with Crippen LogP contribution in [-0.4, -0.2) is 33.6 Å². The van der Waals surface area contributed by atoms with Gasteiger partial charge in [0.1, 0.15) is 0 Å². The lowest BCUT2D eigenvalue weighted by molar-refractivity contribution is -0.113. The summed E-state index contributed by atoms with van der Waals surface area (Å²) in [5, 5.41) is 6.04. The fourth-order valence-corrected chi connectivity index (χ4v) is 2.61. The number of carbonyl (C=O) groups is 2. The van der Waals surface area contributed by atoms with Gasteiger partial charge in [0.2, 0.25) is 5.91 Å². The Balaban J connectivity index is 1.50. The standard InChI is InChI=1S/C16H16N4O3S/c21-13-7-8-17-16(20-13)24-9-14(22)18-11-3-1-10(2-4-11)15(23)19-12-5-6-12/h1-4,7-8,12H,5-6,9H2,(H,18,22)(H,19,23)(H,17,20,21). The maximum atomic E-state index is 11.9. The van der Waals surface area contributed by atoms with Crippen molar-refractivity contribution in [3.8, 4) is 0 Å². The van der Waals surface area contributed by atoms with Gasteiger partial charge < -0.3 is 15.6 Å². The van der Waals surface area contributed by atoms with Crippen molar-refractivity contribution in [3.63, 3.8) is 0 Å². The van der Waals surface area contributed by atoms with Gasteiger partial charge in [0.05, 0.1) is 5.75 Å². The number of hydrogen-bond acceptors (Lipinski definition) is 5. The van der Waals surface area contributed by atoms with Crippen LogP contribution in [0.5, 0.6) is 0 Å². The van der Waals surface area contributed by atoms with E-state index in [1.54, 1.807) is 24.3 Å². The molecule has 0 atom stereocenters. The fraction of sp³-hybridized carbons (Fsp3) is 0.250. The molecule has 1 aliphatic rings. The Kier molecular flexibility index (Phi) is 4.95. The topological polar surface area (TPSA) is 104 Å². The van der Waals surface area contributed by atoms with Gasteiger partial charge in [-0.05, 0) is 37.1 Å². The van der Waals surface area contributed by atoms with Gasteiger partial charge in [0.25, 0.3) is 11.5 Å². The molecule has 3 N–H and O–H groups in total. The first-order valence-electron chi connectivity index (χ1n) is 7.49. The highest BCUT2D eigenvalue weighted by molar-refractivity contribution is 7.99. The Morgan fingerprint density at radius 3 is 2.62 bits per heavy atom. The molecule has 0 bridgehead atoms. The van der Waals surface area contributed by atoms with E-state index in [4.69, 9.17) is 0 Å². The summed E-state index contributed by atoms with van der Waals surface area (Å²) in [5.41, 5.74) is 0.923. The average Bonchev–Trinajstić information content (AvgIpc) is 3.38. The predicted molar refractivity (Wildman–Crippen MR) is 91.1 cm³/mol. The normalized spacial score (nSPS) is 13.3. The Morgan fingerprint density at radius 2 is 1.96 bits per heavy atom. The van der Waals surface area contributed by atoms with Crippen LogP contribution in [0.2, 0.25) is 0 Å². The van der Waals surface area contributed by atoms with Crippen molar-refractivity contribution in [1.29, 1.82) is 0 Å². The number of rotatable bonds is 6. The number of benzene rings is 1. The van der Waals surface area contributed by atoms with Gasteiger partial charge >= 0.3 is 0 Å². The van der Waals surface area contributed by atoms with Gasteiger partial charge in [-0.2, -0.15) is 0 Å². The summed E-state index contributed by atoms with van der Waals surface area (Å²) in [5.74, 6) is -0.191. The summed E-state index contributed by atoms with van der Waals surface area (Å²) in [4.78, 5) is 41.4. The third kappa shape index (κ3) is 4.69. The van der Waals surface area contributed by atoms with E-state index in [9.17, 15) is 14.4 Å². The molecular weight excluding hydrogens is 328 g/mol. The maximum Gasteiger partial charge on any atom is 0.251 e. The number of thioether (sulfide) groups is 1. The van der Waals surface area contributed by atoms with Crippen LogP contribution in [-0.2, 0) is 4.79 Å². The number of amides is 2. The Hall–Kier alpha value is -2.61. The largest absolute Gasteiger partial charge is 0.349 e. The molecule has 124 valence electrons. The van der Waals surface area contributed by atoms with E-state index in [0.717, 1.165) is 24.6 Å². The lowest BCUT2D eigenvalue weighted by Crippen LogP contribution is -2.25.